The number of benzene rings is 2. The van der Waals surface area contributed by atoms with Gasteiger partial charge in [-0.05, 0) is 63.6 Å². The molecule has 6 nitrogen and oxygen atoms in total. The van der Waals surface area contributed by atoms with Crippen molar-refractivity contribution in [3.05, 3.63) is 59.2 Å². The van der Waals surface area contributed by atoms with Crippen LogP contribution in [0.5, 0.6) is 0 Å². The number of fused-ring (bicyclic) bond motifs is 1. The lowest BCUT2D eigenvalue weighted by molar-refractivity contribution is -0.112. The fraction of sp³-hybridized carbons (Fsp3) is 0.375. The van der Waals surface area contributed by atoms with Crippen LogP contribution in [0.15, 0.2) is 52.9 Å². The third-order valence-corrected chi connectivity index (χ3v) is 8.04. The number of likely N-dealkylation sites (N-methyl/N-ethyl adjacent to an activating group) is 1. The Labute approximate surface area is 184 Å². The standard InChI is InChI=1S/C24H29N3O3S/c1-16(2)23-21-14-20(9-10-22(21)25(5)24(23)28)31(29,30)26-11-12-27(18(4)15-26)19-8-6-7-17(3)13-19/h6-10,13-14,18H,11-12,15H2,1-5H3. The molecule has 0 aliphatic carbocycles. The maximum Gasteiger partial charge on any atom is 0.258 e. The van der Waals surface area contributed by atoms with Crippen LogP contribution in [0.25, 0.3) is 5.57 Å². The van der Waals surface area contributed by atoms with Crippen molar-refractivity contribution in [3.8, 4) is 0 Å². The van der Waals surface area contributed by atoms with Crippen LogP contribution >= 0.6 is 0 Å². The minimum atomic E-state index is -3.66. The van der Waals surface area contributed by atoms with Crippen molar-refractivity contribution in [1.82, 2.24) is 4.31 Å². The average Bonchev–Trinajstić information content (AvgIpc) is 2.97. The van der Waals surface area contributed by atoms with Crippen molar-refractivity contribution in [2.75, 3.05) is 36.5 Å². The zero-order valence-corrected chi connectivity index (χ0v) is 19.5. The lowest BCUT2D eigenvalue weighted by atomic mass is 10.0. The summed E-state index contributed by atoms with van der Waals surface area (Å²) in [5, 5.41) is 0. The second-order valence-corrected chi connectivity index (χ2v) is 10.6. The molecule has 1 saturated heterocycles. The number of hydrogen-bond donors (Lipinski definition) is 0. The molecular weight excluding hydrogens is 410 g/mol. The highest BCUT2D eigenvalue weighted by atomic mass is 32.2. The van der Waals surface area contributed by atoms with Crippen LogP contribution in [-0.2, 0) is 14.8 Å². The molecule has 7 heteroatoms. The molecule has 0 aromatic heterocycles. The highest BCUT2D eigenvalue weighted by Gasteiger charge is 2.35. The molecule has 2 aliphatic rings. The van der Waals surface area contributed by atoms with Crippen molar-refractivity contribution < 1.29 is 13.2 Å². The summed E-state index contributed by atoms with van der Waals surface area (Å²) in [7, 11) is -1.94. The van der Waals surface area contributed by atoms with Crippen LogP contribution in [0.1, 0.15) is 31.9 Å². The van der Waals surface area contributed by atoms with E-state index in [4.69, 9.17) is 0 Å². The summed E-state index contributed by atoms with van der Waals surface area (Å²) < 4.78 is 28.5. The predicted molar refractivity (Wildman–Crippen MR) is 125 cm³/mol. The molecule has 164 valence electrons. The molecule has 0 saturated carbocycles. The number of amides is 1. The SMILES string of the molecule is CC(C)=C1C(=O)N(C)c2ccc(S(=O)(=O)N3CCN(c4cccc(C)c4)C(C)C3)cc21. The van der Waals surface area contributed by atoms with E-state index in [0.29, 0.717) is 30.8 Å². The number of carbonyl (C=O) groups excluding carboxylic acids is 1. The highest BCUT2D eigenvalue weighted by Crippen LogP contribution is 2.39. The summed E-state index contributed by atoms with van der Waals surface area (Å²) in [5.74, 6) is -0.0926. The van der Waals surface area contributed by atoms with E-state index in [-0.39, 0.29) is 16.8 Å². The first-order valence-electron chi connectivity index (χ1n) is 10.5. The molecule has 0 radical (unpaired) electrons. The molecular formula is C24H29N3O3S. The third kappa shape index (κ3) is 3.66. The molecule has 0 bridgehead atoms. The molecule has 31 heavy (non-hydrogen) atoms. The molecule has 2 aliphatic heterocycles. The highest BCUT2D eigenvalue weighted by molar-refractivity contribution is 7.89. The Balaban J connectivity index is 1.62. The van der Waals surface area contributed by atoms with Gasteiger partial charge in [0.1, 0.15) is 0 Å². The van der Waals surface area contributed by atoms with Gasteiger partial charge in [0.2, 0.25) is 10.0 Å². The molecule has 1 unspecified atom stereocenters. The maximum absolute atomic E-state index is 13.5. The molecule has 4 rings (SSSR count). The number of carbonyl (C=O) groups is 1. The van der Waals surface area contributed by atoms with Crippen molar-refractivity contribution >= 4 is 32.9 Å². The summed E-state index contributed by atoms with van der Waals surface area (Å²) in [4.78, 5) is 16.7. The van der Waals surface area contributed by atoms with Crippen molar-refractivity contribution in [1.29, 1.82) is 0 Å². The van der Waals surface area contributed by atoms with E-state index in [1.54, 1.807) is 34.5 Å². The topological polar surface area (TPSA) is 60.9 Å². The van der Waals surface area contributed by atoms with Crippen molar-refractivity contribution in [2.24, 2.45) is 0 Å². The van der Waals surface area contributed by atoms with Gasteiger partial charge in [0, 0.05) is 49.5 Å². The maximum atomic E-state index is 13.5. The predicted octanol–water partition coefficient (Wildman–Crippen LogP) is 3.66. The Bertz CT molecular complexity index is 1180. The summed E-state index contributed by atoms with van der Waals surface area (Å²) in [6.45, 7) is 9.35. The summed E-state index contributed by atoms with van der Waals surface area (Å²) in [6, 6.07) is 13.4. The molecule has 2 heterocycles. The van der Waals surface area contributed by atoms with E-state index < -0.39 is 10.0 Å². The number of nitrogens with zero attached hydrogens (tertiary/aromatic N) is 3. The monoisotopic (exact) mass is 439 g/mol. The van der Waals surface area contributed by atoms with Gasteiger partial charge in [0.05, 0.1) is 10.6 Å². The largest absolute Gasteiger partial charge is 0.366 e. The van der Waals surface area contributed by atoms with Gasteiger partial charge in [-0.1, -0.05) is 17.7 Å². The van der Waals surface area contributed by atoms with E-state index in [9.17, 15) is 13.2 Å². The number of rotatable bonds is 3. The van der Waals surface area contributed by atoms with Gasteiger partial charge in [0.25, 0.3) is 5.91 Å². The molecule has 2 aromatic carbocycles. The van der Waals surface area contributed by atoms with Gasteiger partial charge in [0.15, 0.2) is 0 Å². The second kappa shape index (κ2) is 7.80. The molecule has 0 spiro atoms. The first-order chi connectivity index (χ1) is 14.6. The fourth-order valence-electron chi connectivity index (χ4n) is 4.53. The van der Waals surface area contributed by atoms with E-state index in [1.807, 2.05) is 19.9 Å². The quantitative estimate of drug-likeness (QED) is 0.685. The molecule has 1 amide bonds. The number of hydrogen-bond acceptors (Lipinski definition) is 4. The zero-order valence-electron chi connectivity index (χ0n) is 18.7. The van der Waals surface area contributed by atoms with E-state index in [0.717, 1.165) is 16.9 Å². The number of sulfonamides is 1. The van der Waals surface area contributed by atoms with Crippen LogP contribution in [-0.4, -0.2) is 51.4 Å². The molecule has 1 fully saturated rings. The van der Waals surface area contributed by atoms with Gasteiger partial charge in [-0.3, -0.25) is 4.79 Å². The minimum Gasteiger partial charge on any atom is -0.366 e. The Kier molecular flexibility index (Phi) is 5.43. The van der Waals surface area contributed by atoms with E-state index in [1.165, 1.54) is 5.56 Å². The van der Waals surface area contributed by atoms with Gasteiger partial charge < -0.3 is 9.80 Å². The van der Waals surface area contributed by atoms with Crippen molar-refractivity contribution in [3.63, 3.8) is 0 Å². The smallest absolute Gasteiger partial charge is 0.258 e. The van der Waals surface area contributed by atoms with E-state index >= 15 is 0 Å². The molecule has 0 N–H and O–H groups in total. The summed E-state index contributed by atoms with van der Waals surface area (Å²) >= 11 is 0. The van der Waals surface area contributed by atoms with Crippen LogP contribution in [0, 0.1) is 6.92 Å². The van der Waals surface area contributed by atoms with Gasteiger partial charge in [-0.15, -0.1) is 0 Å². The first kappa shape index (κ1) is 21.6. The van der Waals surface area contributed by atoms with Crippen LogP contribution in [0.2, 0.25) is 0 Å². The Morgan fingerprint density at radius 3 is 2.45 bits per heavy atom. The summed E-state index contributed by atoms with van der Waals surface area (Å²) in [5.41, 5.74) is 5.22. The van der Waals surface area contributed by atoms with Crippen LogP contribution in [0.4, 0.5) is 11.4 Å². The zero-order chi connectivity index (χ0) is 22.5. The van der Waals surface area contributed by atoms with Gasteiger partial charge in [-0.25, -0.2) is 8.42 Å². The Morgan fingerprint density at radius 1 is 1.06 bits per heavy atom. The van der Waals surface area contributed by atoms with Crippen molar-refractivity contribution in [2.45, 2.75) is 38.6 Å². The number of aryl methyl sites for hydroxylation is 1. The van der Waals surface area contributed by atoms with Gasteiger partial charge in [-0.2, -0.15) is 4.31 Å². The normalized spacial score (nSPS) is 19.7. The number of anilines is 2. The average molecular weight is 440 g/mol. The minimum absolute atomic E-state index is 0.0563. The summed E-state index contributed by atoms with van der Waals surface area (Å²) in [6.07, 6.45) is 0. The number of allylic oxidation sites excluding steroid dienone is 1. The lowest BCUT2D eigenvalue weighted by Gasteiger charge is -2.40. The Morgan fingerprint density at radius 2 is 1.81 bits per heavy atom. The molecule has 2 aromatic rings. The fourth-order valence-corrected chi connectivity index (χ4v) is 6.06. The Hall–Kier alpha value is -2.64. The second-order valence-electron chi connectivity index (χ2n) is 8.66. The van der Waals surface area contributed by atoms with Crippen LogP contribution in [0.3, 0.4) is 0 Å². The van der Waals surface area contributed by atoms with Crippen LogP contribution < -0.4 is 9.80 Å². The number of piperazine rings is 1. The van der Waals surface area contributed by atoms with Gasteiger partial charge >= 0.3 is 0 Å². The third-order valence-electron chi connectivity index (χ3n) is 6.18. The van der Waals surface area contributed by atoms with E-state index in [2.05, 4.69) is 36.9 Å². The molecule has 1 atom stereocenters. The first-order valence-corrected chi connectivity index (χ1v) is 12.0. The lowest BCUT2D eigenvalue weighted by Crippen LogP contribution is -2.53.